The summed E-state index contributed by atoms with van der Waals surface area (Å²) in [6, 6.07) is 5.22. The Hall–Kier alpha value is -1.55. The monoisotopic (exact) mass is 264 g/mol. The Labute approximate surface area is 115 Å². The van der Waals surface area contributed by atoms with E-state index in [1.807, 2.05) is 26.8 Å². The zero-order valence-electron chi connectivity index (χ0n) is 11.9. The molecule has 1 amide bonds. The minimum absolute atomic E-state index is 0.197. The number of aliphatic hydroxyl groups excluding tert-OH is 1. The lowest BCUT2D eigenvalue weighted by Gasteiger charge is -2.20. The number of aliphatic hydroxyl groups is 1. The number of carbonyl (C=O) groups is 1. The summed E-state index contributed by atoms with van der Waals surface area (Å²) in [4.78, 5) is 11.9. The Morgan fingerprint density at radius 1 is 1.37 bits per heavy atom. The highest BCUT2D eigenvalue weighted by Gasteiger charge is 2.16. The van der Waals surface area contributed by atoms with Gasteiger partial charge in [0.2, 0.25) is 0 Å². The summed E-state index contributed by atoms with van der Waals surface area (Å²) in [7, 11) is 0. The average Bonchev–Trinajstić information content (AvgIpc) is 2.40. The van der Waals surface area contributed by atoms with Crippen molar-refractivity contribution in [3.05, 3.63) is 29.3 Å². The number of nitrogens with two attached hydrogens (primary N) is 1. The van der Waals surface area contributed by atoms with Crippen LogP contribution in [0.1, 0.15) is 42.6 Å². The zero-order valence-corrected chi connectivity index (χ0v) is 11.9. The predicted molar refractivity (Wildman–Crippen MR) is 78.0 cm³/mol. The Bertz CT molecular complexity index is 428. The first-order valence-corrected chi connectivity index (χ1v) is 6.81. The molecule has 1 aromatic carbocycles. The molecular formula is C15H24N2O2. The number of hydrogen-bond donors (Lipinski definition) is 3. The lowest BCUT2D eigenvalue weighted by Crippen LogP contribution is -2.36. The molecule has 0 fully saturated rings. The Balaban J connectivity index is 2.58. The molecule has 19 heavy (non-hydrogen) atoms. The SMILES string of the molecule is CCC(CC)C(O)CNC(=O)c1ccc(C)c(N)c1. The molecule has 4 heteroatoms. The van der Waals surface area contributed by atoms with Crippen molar-refractivity contribution in [2.24, 2.45) is 5.92 Å². The van der Waals surface area contributed by atoms with Crippen LogP contribution in [0.3, 0.4) is 0 Å². The maximum Gasteiger partial charge on any atom is 0.251 e. The van der Waals surface area contributed by atoms with Crippen LogP contribution in [0.25, 0.3) is 0 Å². The highest BCUT2D eigenvalue weighted by atomic mass is 16.3. The highest BCUT2D eigenvalue weighted by Crippen LogP contribution is 2.14. The highest BCUT2D eigenvalue weighted by molar-refractivity contribution is 5.95. The van der Waals surface area contributed by atoms with Crippen LogP contribution in [-0.4, -0.2) is 23.7 Å². The van der Waals surface area contributed by atoms with Crippen molar-refractivity contribution >= 4 is 11.6 Å². The van der Waals surface area contributed by atoms with Gasteiger partial charge in [0.1, 0.15) is 0 Å². The molecule has 1 atom stereocenters. The molecule has 0 bridgehead atoms. The number of nitrogens with one attached hydrogen (secondary N) is 1. The van der Waals surface area contributed by atoms with Gasteiger partial charge in [-0.2, -0.15) is 0 Å². The fraction of sp³-hybridized carbons (Fsp3) is 0.533. The van der Waals surface area contributed by atoms with Crippen molar-refractivity contribution in [1.29, 1.82) is 0 Å². The van der Waals surface area contributed by atoms with Gasteiger partial charge in [0, 0.05) is 17.8 Å². The Kier molecular flexibility index (Phi) is 5.83. The van der Waals surface area contributed by atoms with E-state index in [0.29, 0.717) is 11.3 Å². The number of anilines is 1. The van der Waals surface area contributed by atoms with Gasteiger partial charge < -0.3 is 16.2 Å². The minimum atomic E-state index is -0.498. The van der Waals surface area contributed by atoms with Gasteiger partial charge in [-0.1, -0.05) is 32.8 Å². The van der Waals surface area contributed by atoms with Crippen LogP contribution >= 0.6 is 0 Å². The zero-order chi connectivity index (χ0) is 14.4. The smallest absolute Gasteiger partial charge is 0.251 e. The summed E-state index contributed by atoms with van der Waals surface area (Å²) >= 11 is 0. The van der Waals surface area contributed by atoms with Gasteiger partial charge in [-0.3, -0.25) is 4.79 Å². The lowest BCUT2D eigenvalue weighted by atomic mass is 9.96. The third-order valence-corrected chi connectivity index (χ3v) is 3.61. The van der Waals surface area contributed by atoms with E-state index < -0.39 is 6.10 Å². The molecule has 1 unspecified atom stereocenters. The molecule has 0 aliphatic heterocycles. The van der Waals surface area contributed by atoms with Crippen molar-refractivity contribution < 1.29 is 9.90 Å². The number of rotatable bonds is 6. The van der Waals surface area contributed by atoms with Crippen LogP contribution in [-0.2, 0) is 0 Å². The molecule has 0 saturated heterocycles. The average molecular weight is 264 g/mol. The van der Waals surface area contributed by atoms with E-state index in [0.717, 1.165) is 18.4 Å². The van der Waals surface area contributed by atoms with Crippen molar-refractivity contribution in [3.8, 4) is 0 Å². The van der Waals surface area contributed by atoms with E-state index >= 15 is 0 Å². The van der Waals surface area contributed by atoms with Crippen molar-refractivity contribution in [2.45, 2.75) is 39.7 Å². The third kappa shape index (κ3) is 4.24. The van der Waals surface area contributed by atoms with E-state index in [1.54, 1.807) is 12.1 Å². The second-order valence-electron chi connectivity index (χ2n) is 4.93. The first-order valence-electron chi connectivity index (χ1n) is 6.81. The second-order valence-corrected chi connectivity index (χ2v) is 4.93. The predicted octanol–water partition coefficient (Wildman–Crippen LogP) is 2.10. The van der Waals surface area contributed by atoms with E-state index in [2.05, 4.69) is 5.32 Å². The Morgan fingerprint density at radius 2 is 2.00 bits per heavy atom. The van der Waals surface area contributed by atoms with Gasteiger partial charge in [0.05, 0.1) is 6.10 Å². The fourth-order valence-electron chi connectivity index (χ4n) is 2.08. The number of hydrogen-bond acceptors (Lipinski definition) is 3. The molecule has 0 aliphatic rings. The number of aryl methyl sites for hydroxylation is 1. The molecule has 0 saturated carbocycles. The van der Waals surface area contributed by atoms with Gasteiger partial charge in [0.15, 0.2) is 0 Å². The first kappa shape index (κ1) is 15.5. The van der Waals surface area contributed by atoms with E-state index in [9.17, 15) is 9.90 Å². The molecular weight excluding hydrogens is 240 g/mol. The molecule has 106 valence electrons. The lowest BCUT2D eigenvalue weighted by molar-refractivity contribution is 0.0816. The molecule has 4 N–H and O–H groups in total. The first-order chi connectivity index (χ1) is 8.99. The van der Waals surface area contributed by atoms with Gasteiger partial charge in [0.25, 0.3) is 5.91 Å². The van der Waals surface area contributed by atoms with E-state index in [4.69, 9.17) is 5.73 Å². The maximum atomic E-state index is 11.9. The molecule has 0 radical (unpaired) electrons. The van der Waals surface area contributed by atoms with Crippen LogP contribution in [0.15, 0.2) is 18.2 Å². The summed E-state index contributed by atoms with van der Waals surface area (Å²) in [5, 5.41) is 12.7. The van der Waals surface area contributed by atoms with Crippen LogP contribution in [0.5, 0.6) is 0 Å². The summed E-state index contributed by atoms with van der Waals surface area (Å²) in [6.45, 7) is 6.26. The van der Waals surface area contributed by atoms with Crippen molar-refractivity contribution in [2.75, 3.05) is 12.3 Å². The molecule has 1 rings (SSSR count). The number of amides is 1. The molecule has 0 spiro atoms. The topological polar surface area (TPSA) is 75.3 Å². The molecule has 0 aliphatic carbocycles. The largest absolute Gasteiger partial charge is 0.398 e. The van der Waals surface area contributed by atoms with Crippen LogP contribution < -0.4 is 11.1 Å². The summed E-state index contributed by atoms with van der Waals surface area (Å²) in [5.41, 5.74) is 7.86. The number of benzene rings is 1. The number of nitrogen functional groups attached to an aromatic ring is 1. The van der Waals surface area contributed by atoms with E-state index in [-0.39, 0.29) is 18.4 Å². The van der Waals surface area contributed by atoms with Gasteiger partial charge in [-0.25, -0.2) is 0 Å². The minimum Gasteiger partial charge on any atom is -0.398 e. The van der Waals surface area contributed by atoms with Crippen LogP contribution in [0, 0.1) is 12.8 Å². The maximum absolute atomic E-state index is 11.9. The van der Waals surface area contributed by atoms with Gasteiger partial charge in [-0.15, -0.1) is 0 Å². The summed E-state index contributed by atoms with van der Waals surface area (Å²) in [6.07, 6.45) is 1.32. The van der Waals surface area contributed by atoms with Gasteiger partial charge >= 0.3 is 0 Å². The quantitative estimate of drug-likeness (QED) is 0.689. The van der Waals surface area contributed by atoms with Crippen LogP contribution in [0.2, 0.25) is 0 Å². The van der Waals surface area contributed by atoms with E-state index in [1.165, 1.54) is 0 Å². The Morgan fingerprint density at radius 3 is 2.53 bits per heavy atom. The molecule has 0 heterocycles. The normalized spacial score (nSPS) is 12.5. The fourth-order valence-corrected chi connectivity index (χ4v) is 2.08. The van der Waals surface area contributed by atoms with Crippen LogP contribution in [0.4, 0.5) is 5.69 Å². The molecule has 4 nitrogen and oxygen atoms in total. The van der Waals surface area contributed by atoms with Crippen molar-refractivity contribution in [3.63, 3.8) is 0 Å². The van der Waals surface area contributed by atoms with Gasteiger partial charge in [-0.05, 0) is 30.5 Å². The molecule has 0 aromatic heterocycles. The van der Waals surface area contributed by atoms with Crippen molar-refractivity contribution in [1.82, 2.24) is 5.32 Å². The second kappa shape index (κ2) is 7.14. The summed E-state index contributed by atoms with van der Waals surface area (Å²) < 4.78 is 0. The third-order valence-electron chi connectivity index (χ3n) is 3.61. The number of carbonyl (C=O) groups excluding carboxylic acids is 1. The summed E-state index contributed by atoms with van der Waals surface area (Å²) in [5.74, 6) is 0.0279. The molecule has 1 aromatic rings. The standard InChI is InChI=1S/C15H24N2O2/c1-4-11(5-2)14(18)9-17-15(19)12-7-6-10(3)13(16)8-12/h6-8,11,14,18H,4-5,9,16H2,1-3H3,(H,17,19).